The summed E-state index contributed by atoms with van der Waals surface area (Å²) >= 11 is 3.28. The lowest BCUT2D eigenvalue weighted by Gasteiger charge is -2.35. The normalized spacial score (nSPS) is 20.6. The quantitative estimate of drug-likeness (QED) is 0.646. The fraction of sp³-hybridized carbons (Fsp3) is 0.692. The third-order valence-corrected chi connectivity index (χ3v) is 4.41. The molecule has 0 aliphatic carbocycles. The summed E-state index contributed by atoms with van der Waals surface area (Å²) in [5.74, 6) is 0. The number of allylic oxidation sites excluding steroid dienone is 1. The molecule has 0 aromatic rings. The van der Waals surface area contributed by atoms with Crippen LogP contribution in [0.15, 0.2) is 10.1 Å². The highest BCUT2D eigenvalue weighted by molar-refractivity contribution is 9.12. The van der Waals surface area contributed by atoms with Crippen molar-refractivity contribution in [3.05, 3.63) is 10.1 Å². The molecule has 0 aromatic carbocycles. The number of hydrogen-bond donors (Lipinski definition) is 0. The van der Waals surface area contributed by atoms with E-state index in [2.05, 4.69) is 22.0 Å². The molecule has 2 amide bonds. The number of halogens is 1. The van der Waals surface area contributed by atoms with E-state index in [0.717, 1.165) is 57.4 Å². The Morgan fingerprint density at radius 1 is 1.06 bits per heavy atom. The minimum Gasteiger partial charge on any atom is -0.325 e. The van der Waals surface area contributed by atoms with Gasteiger partial charge in [0, 0.05) is 26.2 Å². The number of hydrogen-bond acceptors (Lipinski definition) is 2. The maximum Gasteiger partial charge on any atom is 0.320 e. The summed E-state index contributed by atoms with van der Waals surface area (Å²) in [7, 11) is 0. The van der Waals surface area contributed by atoms with E-state index in [9.17, 15) is 4.79 Å². The number of urea groups is 1. The summed E-state index contributed by atoms with van der Waals surface area (Å²) < 4.78 is 0.646. The largest absolute Gasteiger partial charge is 0.325 e. The molecule has 98 valence electrons. The molecule has 2 saturated heterocycles. The van der Waals surface area contributed by atoms with Gasteiger partial charge < -0.3 is 9.80 Å². The first-order valence-corrected chi connectivity index (χ1v) is 7.33. The van der Waals surface area contributed by atoms with Crippen LogP contribution in [0.2, 0.25) is 0 Å². The van der Waals surface area contributed by atoms with Gasteiger partial charge in [0.15, 0.2) is 0 Å². The van der Waals surface area contributed by atoms with E-state index < -0.39 is 0 Å². The van der Waals surface area contributed by atoms with Gasteiger partial charge in [-0.05, 0) is 53.6 Å². The van der Waals surface area contributed by atoms with Crippen molar-refractivity contribution in [3.63, 3.8) is 0 Å². The van der Waals surface area contributed by atoms with Crippen LogP contribution in [0.4, 0.5) is 4.79 Å². The number of piperidine rings is 2. The predicted octanol–water partition coefficient (Wildman–Crippen LogP) is 2.86. The summed E-state index contributed by atoms with van der Waals surface area (Å²) in [6.45, 7) is 3.28. The molecule has 0 atom stereocenters. The minimum absolute atomic E-state index is 0.182. The predicted molar refractivity (Wildman–Crippen MR) is 73.2 cm³/mol. The Morgan fingerprint density at radius 2 is 1.61 bits per heavy atom. The van der Waals surface area contributed by atoms with Crippen LogP contribution in [-0.2, 0) is 0 Å². The van der Waals surface area contributed by atoms with Crippen molar-refractivity contribution in [3.8, 4) is 6.07 Å². The number of likely N-dealkylation sites (tertiary alicyclic amines) is 2. The van der Waals surface area contributed by atoms with E-state index in [1.165, 1.54) is 6.42 Å². The Hall–Kier alpha value is -1.02. The van der Waals surface area contributed by atoms with Crippen LogP contribution in [0, 0.1) is 11.3 Å². The molecule has 0 saturated carbocycles. The molecule has 0 unspecified atom stereocenters. The van der Waals surface area contributed by atoms with E-state index in [1.54, 1.807) is 0 Å². The Morgan fingerprint density at radius 3 is 2.17 bits per heavy atom. The van der Waals surface area contributed by atoms with Gasteiger partial charge in [0.05, 0.1) is 4.48 Å². The zero-order valence-electron chi connectivity index (χ0n) is 10.5. The van der Waals surface area contributed by atoms with E-state index in [-0.39, 0.29) is 6.03 Å². The summed E-state index contributed by atoms with van der Waals surface area (Å²) in [6.07, 6.45) is 5.13. The zero-order chi connectivity index (χ0) is 13.0. The number of nitriles is 1. The second-order valence-corrected chi connectivity index (χ2v) is 5.64. The smallest absolute Gasteiger partial charge is 0.320 e. The molecule has 0 bridgehead atoms. The maximum atomic E-state index is 12.3. The molecule has 0 aromatic heterocycles. The molecule has 2 aliphatic rings. The van der Waals surface area contributed by atoms with Gasteiger partial charge in [0.25, 0.3) is 0 Å². The Bertz CT molecular complexity index is 384. The van der Waals surface area contributed by atoms with Gasteiger partial charge in [0.1, 0.15) is 6.07 Å². The maximum absolute atomic E-state index is 12.3. The van der Waals surface area contributed by atoms with E-state index in [0.29, 0.717) is 4.48 Å². The Balaban J connectivity index is 1.89. The average Bonchev–Trinajstić information content (AvgIpc) is 2.47. The van der Waals surface area contributed by atoms with Crippen molar-refractivity contribution in [2.75, 3.05) is 26.2 Å². The number of carbonyl (C=O) groups excluding carboxylic acids is 1. The van der Waals surface area contributed by atoms with Crippen molar-refractivity contribution >= 4 is 22.0 Å². The third-order valence-electron chi connectivity index (χ3n) is 3.67. The molecule has 4 nitrogen and oxygen atoms in total. The van der Waals surface area contributed by atoms with Crippen LogP contribution in [-0.4, -0.2) is 42.0 Å². The topological polar surface area (TPSA) is 47.3 Å². The summed E-state index contributed by atoms with van der Waals surface area (Å²) in [5, 5.41) is 8.82. The van der Waals surface area contributed by atoms with Crippen LogP contribution < -0.4 is 0 Å². The molecule has 18 heavy (non-hydrogen) atoms. The second-order valence-electron chi connectivity index (χ2n) is 4.85. The first-order chi connectivity index (χ1) is 8.72. The van der Waals surface area contributed by atoms with E-state index in [4.69, 9.17) is 5.26 Å². The molecular formula is C13H18BrN3O. The monoisotopic (exact) mass is 311 g/mol. The number of nitrogens with zero attached hydrogens (tertiary/aromatic N) is 3. The highest BCUT2D eigenvalue weighted by atomic mass is 79.9. The van der Waals surface area contributed by atoms with Crippen molar-refractivity contribution < 1.29 is 4.79 Å². The van der Waals surface area contributed by atoms with Crippen molar-refractivity contribution in [1.82, 2.24) is 9.80 Å². The van der Waals surface area contributed by atoms with Crippen LogP contribution in [0.3, 0.4) is 0 Å². The Labute approximate surface area is 116 Å². The second kappa shape index (κ2) is 6.24. The number of rotatable bonds is 0. The van der Waals surface area contributed by atoms with Crippen LogP contribution in [0.1, 0.15) is 32.1 Å². The summed E-state index contributed by atoms with van der Waals surface area (Å²) in [4.78, 5) is 16.2. The van der Waals surface area contributed by atoms with Crippen LogP contribution >= 0.6 is 15.9 Å². The third kappa shape index (κ3) is 3.05. The molecule has 2 aliphatic heterocycles. The van der Waals surface area contributed by atoms with Gasteiger partial charge in [0.2, 0.25) is 0 Å². The SMILES string of the molecule is N#CC(Br)=C1CCN(C(=O)N2CCCCC2)CC1. The van der Waals surface area contributed by atoms with Crippen molar-refractivity contribution in [2.24, 2.45) is 0 Å². The van der Waals surface area contributed by atoms with Gasteiger partial charge in [-0.25, -0.2) is 4.79 Å². The Kier molecular flexibility index (Phi) is 4.65. The van der Waals surface area contributed by atoms with Crippen LogP contribution in [0.5, 0.6) is 0 Å². The molecule has 2 heterocycles. The fourth-order valence-corrected chi connectivity index (χ4v) is 2.95. The highest BCUT2D eigenvalue weighted by Gasteiger charge is 2.25. The summed E-state index contributed by atoms with van der Waals surface area (Å²) in [5.41, 5.74) is 1.14. The van der Waals surface area contributed by atoms with Gasteiger partial charge in [-0.15, -0.1) is 0 Å². The highest BCUT2D eigenvalue weighted by Crippen LogP contribution is 2.24. The molecule has 0 N–H and O–H groups in total. The summed E-state index contributed by atoms with van der Waals surface area (Å²) in [6, 6.07) is 2.31. The lowest BCUT2D eigenvalue weighted by atomic mass is 10.0. The fourth-order valence-electron chi connectivity index (χ4n) is 2.55. The van der Waals surface area contributed by atoms with Gasteiger partial charge >= 0.3 is 6.03 Å². The van der Waals surface area contributed by atoms with Crippen LogP contribution in [0.25, 0.3) is 0 Å². The van der Waals surface area contributed by atoms with Gasteiger partial charge in [-0.2, -0.15) is 5.26 Å². The van der Waals surface area contributed by atoms with Gasteiger partial charge in [-0.3, -0.25) is 0 Å². The van der Waals surface area contributed by atoms with Gasteiger partial charge in [-0.1, -0.05) is 0 Å². The molecule has 0 radical (unpaired) electrons. The minimum atomic E-state index is 0.182. The number of carbonyl (C=O) groups is 1. The molecule has 5 heteroatoms. The first-order valence-electron chi connectivity index (χ1n) is 6.54. The van der Waals surface area contributed by atoms with E-state index >= 15 is 0 Å². The van der Waals surface area contributed by atoms with Crippen molar-refractivity contribution in [1.29, 1.82) is 5.26 Å². The molecule has 0 spiro atoms. The number of amides is 2. The molecular weight excluding hydrogens is 294 g/mol. The molecule has 2 rings (SSSR count). The lowest BCUT2D eigenvalue weighted by Crippen LogP contribution is -2.47. The van der Waals surface area contributed by atoms with E-state index in [1.807, 2.05) is 9.80 Å². The lowest BCUT2D eigenvalue weighted by molar-refractivity contribution is 0.140. The first kappa shape index (κ1) is 13.4. The average molecular weight is 312 g/mol. The van der Waals surface area contributed by atoms with Crippen molar-refractivity contribution in [2.45, 2.75) is 32.1 Å². The standard InChI is InChI=1S/C13H18BrN3O/c14-12(10-15)11-4-8-17(9-5-11)13(18)16-6-2-1-3-7-16/h1-9H2. The zero-order valence-corrected chi connectivity index (χ0v) is 12.1. The molecule has 2 fully saturated rings.